The van der Waals surface area contributed by atoms with E-state index in [1.165, 1.54) is 12.1 Å². The predicted octanol–water partition coefficient (Wildman–Crippen LogP) is 2.93. The van der Waals surface area contributed by atoms with Crippen molar-refractivity contribution in [3.8, 4) is 0 Å². The Balaban J connectivity index is 2.89. The zero-order chi connectivity index (χ0) is 10.7. The fourth-order valence-corrected chi connectivity index (χ4v) is 1.28. The molecule has 0 saturated heterocycles. The van der Waals surface area contributed by atoms with Gasteiger partial charge in [-0.05, 0) is 31.0 Å². The van der Waals surface area contributed by atoms with Crippen molar-refractivity contribution in [3.05, 3.63) is 47.5 Å². The molecule has 0 unspecified atom stereocenters. The molecule has 1 aromatic rings. The summed E-state index contributed by atoms with van der Waals surface area (Å²) in [5, 5.41) is 0. The molecule has 2 N–H and O–H groups in total. The van der Waals surface area contributed by atoms with E-state index in [1.807, 2.05) is 6.92 Å². The Kier molecular flexibility index (Phi) is 3.36. The molecule has 1 nitrogen and oxygen atoms in total. The van der Waals surface area contributed by atoms with Crippen LogP contribution >= 0.6 is 0 Å². The van der Waals surface area contributed by atoms with Crippen molar-refractivity contribution in [1.29, 1.82) is 0 Å². The van der Waals surface area contributed by atoms with Gasteiger partial charge in [-0.25, -0.2) is 8.78 Å². The van der Waals surface area contributed by atoms with Crippen molar-refractivity contribution in [2.75, 3.05) is 0 Å². The molecular weight excluding hydrogens is 184 g/mol. The highest BCUT2D eigenvalue weighted by Crippen LogP contribution is 2.19. The maximum absolute atomic E-state index is 12.8. The molecule has 0 amide bonds. The lowest BCUT2D eigenvalue weighted by atomic mass is 10.0. The third kappa shape index (κ3) is 2.92. The van der Waals surface area contributed by atoms with E-state index < -0.39 is 17.7 Å². The topological polar surface area (TPSA) is 26.0 Å². The zero-order valence-corrected chi connectivity index (χ0v) is 8.06. The van der Waals surface area contributed by atoms with Gasteiger partial charge in [0.05, 0.1) is 0 Å². The predicted molar refractivity (Wildman–Crippen MR) is 52.7 cm³/mol. The van der Waals surface area contributed by atoms with Crippen molar-refractivity contribution in [2.24, 2.45) is 5.73 Å². The summed E-state index contributed by atoms with van der Waals surface area (Å²) < 4.78 is 25.6. The first-order chi connectivity index (χ1) is 6.49. The van der Waals surface area contributed by atoms with E-state index in [0.717, 1.165) is 11.6 Å². The molecule has 0 bridgehead atoms. The van der Waals surface area contributed by atoms with Crippen LogP contribution in [-0.4, -0.2) is 0 Å². The Labute approximate surface area is 82.2 Å². The summed E-state index contributed by atoms with van der Waals surface area (Å²) in [6.07, 6.45) is 0.531. The fraction of sp³-hybridized carbons (Fsp3) is 0.273. The van der Waals surface area contributed by atoms with Crippen LogP contribution in [0, 0.1) is 11.6 Å². The molecule has 0 aromatic heterocycles. The van der Waals surface area contributed by atoms with Crippen molar-refractivity contribution in [1.82, 2.24) is 0 Å². The van der Waals surface area contributed by atoms with E-state index in [9.17, 15) is 8.78 Å². The van der Waals surface area contributed by atoms with Crippen molar-refractivity contribution in [3.63, 3.8) is 0 Å². The number of hydrogen-bond donors (Lipinski definition) is 1. The number of rotatable bonds is 3. The van der Waals surface area contributed by atoms with Gasteiger partial charge in [-0.3, -0.25) is 0 Å². The Hall–Kier alpha value is -1.22. The molecule has 1 atom stereocenters. The van der Waals surface area contributed by atoms with Crippen molar-refractivity contribution >= 4 is 0 Å². The van der Waals surface area contributed by atoms with Crippen LogP contribution in [0.5, 0.6) is 0 Å². The molecule has 0 heterocycles. The SMILES string of the molecule is C=C(C)C[C@@H](N)c1cc(F)cc(F)c1. The van der Waals surface area contributed by atoms with Gasteiger partial charge < -0.3 is 5.73 Å². The van der Waals surface area contributed by atoms with Crippen LogP contribution in [0.15, 0.2) is 30.4 Å². The maximum Gasteiger partial charge on any atom is 0.126 e. The third-order valence-electron chi connectivity index (χ3n) is 1.88. The fourth-order valence-electron chi connectivity index (χ4n) is 1.28. The minimum Gasteiger partial charge on any atom is -0.324 e. The molecule has 0 spiro atoms. The normalized spacial score (nSPS) is 12.6. The van der Waals surface area contributed by atoms with E-state index in [1.54, 1.807) is 0 Å². The molecule has 0 saturated carbocycles. The van der Waals surface area contributed by atoms with Crippen LogP contribution in [0.3, 0.4) is 0 Å². The highest BCUT2D eigenvalue weighted by molar-refractivity contribution is 5.22. The van der Waals surface area contributed by atoms with Gasteiger partial charge >= 0.3 is 0 Å². The first-order valence-electron chi connectivity index (χ1n) is 4.35. The monoisotopic (exact) mass is 197 g/mol. The Morgan fingerprint density at radius 3 is 2.29 bits per heavy atom. The average molecular weight is 197 g/mol. The lowest BCUT2D eigenvalue weighted by Crippen LogP contribution is -2.11. The molecular formula is C11H13F2N. The highest BCUT2D eigenvalue weighted by atomic mass is 19.1. The second-order valence-corrected chi connectivity index (χ2v) is 3.47. The largest absolute Gasteiger partial charge is 0.324 e. The third-order valence-corrected chi connectivity index (χ3v) is 1.88. The van der Waals surface area contributed by atoms with E-state index in [-0.39, 0.29) is 0 Å². The van der Waals surface area contributed by atoms with Crippen LogP contribution in [0.1, 0.15) is 24.9 Å². The van der Waals surface area contributed by atoms with Gasteiger partial charge in [-0.2, -0.15) is 0 Å². The lowest BCUT2D eigenvalue weighted by Gasteiger charge is -2.11. The molecule has 0 radical (unpaired) electrons. The maximum atomic E-state index is 12.8. The summed E-state index contributed by atoms with van der Waals surface area (Å²) in [5.74, 6) is -1.20. The van der Waals surface area contributed by atoms with E-state index in [0.29, 0.717) is 12.0 Å². The minimum atomic E-state index is -0.600. The second-order valence-electron chi connectivity index (χ2n) is 3.47. The van der Waals surface area contributed by atoms with Gasteiger partial charge in [-0.1, -0.05) is 5.57 Å². The summed E-state index contributed by atoms with van der Waals surface area (Å²) >= 11 is 0. The lowest BCUT2D eigenvalue weighted by molar-refractivity contribution is 0.572. The van der Waals surface area contributed by atoms with Gasteiger partial charge in [-0.15, -0.1) is 6.58 Å². The molecule has 0 aliphatic rings. The van der Waals surface area contributed by atoms with Crippen LogP contribution in [0.4, 0.5) is 8.78 Å². The molecule has 3 heteroatoms. The summed E-state index contributed by atoms with van der Waals surface area (Å²) in [7, 11) is 0. The first-order valence-corrected chi connectivity index (χ1v) is 4.35. The second kappa shape index (κ2) is 4.33. The molecule has 76 valence electrons. The smallest absolute Gasteiger partial charge is 0.126 e. The molecule has 1 rings (SSSR count). The average Bonchev–Trinajstić information content (AvgIpc) is 2.00. The molecule has 0 aliphatic carbocycles. The Morgan fingerprint density at radius 2 is 1.86 bits per heavy atom. The molecule has 0 aliphatic heterocycles. The van der Waals surface area contributed by atoms with Gasteiger partial charge in [0.2, 0.25) is 0 Å². The summed E-state index contributed by atoms with van der Waals surface area (Å²) in [5.41, 5.74) is 7.09. The first kappa shape index (κ1) is 10.9. The number of benzene rings is 1. The number of hydrogen-bond acceptors (Lipinski definition) is 1. The Bertz CT molecular complexity index is 327. The van der Waals surface area contributed by atoms with Gasteiger partial charge in [0.25, 0.3) is 0 Å². The van der Waals surface area contributed by atoms with Crippen molar-refractivity contribution < 1.29 is 8.78 Å². The molecule has 1 aromatic carbocycles. The number of nitrogens with two attached hydrogens (primary N) is 1. The minimum absolute atomic E-state index is 0.391. The summed E-state index contributed by atoms with van der Waals surface area (Å²) in [6.45, 7) is 5.53. The summed E-state index contributed by atoms with van der Waals surface area (Å²) in [6, 6.07) is 2.93. The van der Waals surface area contributed by atoms with Crippen LogP contribution in [-0.2, 0) is 0 Å². The molecule has 14 heavy (non-hydrogen) atoms. The zero-order valence-electron chi connectivity index (χ0n) is 8.06. The molecule has 0 fully saturated rings. The standard InChI is InChI=1S/C11H13F2N/c1-7(2)3-11(14)8-4-9(12)6-10(13)5-8/h4-6,11H,1,3,14H2,2H3/t11-/m1/s1. The van der Waals surface area contributed by atoms with Crippen LogP contribution in [0.2, 0.25) is 0 Å². The highest BCUT2D eigenvalue weighted by Gasteiger charge is 2.08. The van der Waals surface area contributed by atoms with E-state index in [2.05, 4.69) is 6.58 Å². The van der Waals surface area contributed by atoms with Gasteiger partial charge in [0.15, 0.2) is 0 Å². The van der Waals surface area contributed by atoms with E-state index >= 15 is 0 Å². The van der Waals surface area contributed by atoms with Gasteiger partial charge in [0.1, 0.15) is 11.6 Å². The van der Waals surface area contributed by atoms with E-state index in [4.69, 9.17) is 5.73 Å². The van der Waals surface area contributed by atoms with Crippen LogP contribution in [0.25, 0.3) is 0 Å². The van der Waals surface area contributed by atoms with Gasteiger partial charge in [0, 0.05) is 12.1 Å². The quantitative estimate of drug-likeness (QED) is 0.741. The van der Waals surface area contributed by atoms with Crippen molar-refractivity contribution in [2.45, 2.75) is 19.4 Å². The number of halogens is 2. The van der Waals surface area contributed by atoms with Crippen LogP contribution < -0.4 is 5.73 Å². The summed E-state index contributed by atoms with van der Waals surface area (Å²) in [4.78, 5) is 0. The Morgan fingerprint density at radius 1 is 1.36 bits per heavy atom.